The summed E-state index contributed by atoms with van der Waals surface area (Å²) in [6.45, 7) is 5.27. The highest BCUT2D eigenvalue weighted by Crippen LogP contribution is 2.32. The first kappa shape index (κ1) is 28.7. The molecule has 12 heteroatoms. The molecule has 0 radical (unpaired) electrons. The van der Waals surface area contributed by atoms with Crippen molar-refractivity contribution in [3.63, 3.8) is 0 Å². The summed E-state index contributed by atoms with van der Waals surface area (Å²) in [7, 11) is 1.58. The summed E-state index contributed by atoms with van der Waals surface area (Å²) in [4.78, 5) is 49.1. The number of nitrogens with one attached hydrogen (secondary N) is 2. The lowest BCUT2D eigenvalue weighted by atomic mass is 10.0. The van der Waals surface area contributed by atoms with Crippen molar-refractivity contribution in [2.45, 2.75) is 45.8 Å². The van der Waals surface area contributed by atoms with Crippen LogP contribution < -0.4 is 20.1 Å². The molecule has 1 aromatic carbocycles. The highest BCUT2D eigenvalue weighted by molar-refractivity contribution is 5.90. The summed E-state index contributed by atoms with van der Waals surface area (Å²) >= 11 is 0. The number of ether oxygens (including phenoxy) is 2. The number of rotatable bonds is 4. The number of fused-ring (bicyclic) bond motifs is 4. The Balaban J connectivity index is 1.57. The van der Waals surface area contributed by atoms with Crippen LogP contribution in [0.3, 0.4) is 0 Å². The molecule has 2 aromatic heterocycles. The number of nitrogens with zero attached hydrogens (tertiary/aromatic N) is 5. The average molecular weight is 552 g/mol. The van der Waals surface area contributed by atoms with Crippen molar-refractivity contribution in [1.29, 1.82) is 0 Å². The molecule has 214 valence electrons. The van der Waals surface area contributed by atoms with E-state index in [1.165, 1.54) is 4.90 Å². The molecule has 2 N–H and O–H groups in total. The fourth-order valence-corrected chi connectivity index (χ4v) is 4.54. The molecule has 0 fully saturated rings. The van der Waals surface area contributed by atoms with Gasteiger partial charge < -0.3 is 34.1 Å². The van der Waals surface area contributed by atoms with Gasteiger partial charge in [-0.3, -0.25) is 14.4 Å². The van der Waals surface area contributed by atoms with Crippen molar-refractivity contribution in [2.75, 3.05) is 33.4 Å². The van der Waals surface area contributed by atoms with E-state index < -0.39 is 11.9 Å². The van der Waals surface area contributed by atoms with Gasteiger partial charge in [-0.2, -0.15) is 0 Å². The number of methoxy groups -OCH3 is 1. The Morgan fingerprint density at radius 3 is 2.77 bits per heavy atom. The molecule has 1 aliphatic rings. The molecule has 0 aliphatic carbocycles. The Labute approximate surface area is 233 Å². The van der Waals surface area contributed by atoms with Gasteiger partial charge in [0.15, 0.2) is 11.5 Å². The van der Waals surface area contributed by atoms with E-state index in [9.17, 15) is 14.4 Å². The number of amides is 3. The molecule has 4 rings (SSSR count). The largest absolute Gasteiger partial charge is 0.493 e. The highest BCUT2D eigenvalue weighted by atomic mass is 16.5. The third kappa shape index (κ3) is 7.39. The lowest BCUT2D eigenvalue weighted by molar-refractivity contribution is -0.137. The van der Waals surface area contributed by atoms with Crippen molar-refractivity contribution >= 4 is 17.7 Å². The van der Waals surface area contributed by atoms with E-state index in [1.807, 2.05) is 42.8 Å². The molecule has 12 nitrogen and oxygen atoms in total. The molecule has 3 heterocycles. The van der Waals surface area contributed by atoms with Crippen LogP contribution in [0.2, 0.25) is 0 Å². The number of benzene rings is 1. The van der Waals surface area contributed by atoms with Crippen LogP contribution in [-0.2, 0) is 27.5 Å². The molecule has 1 atom stereocenters. The van der Waals surface area contributed by atoms with Crippen LogP contribution >= 0.6 is 0 Å². The maximum Gasteiger partial charge on any atom is 0.243 e. The minimum absolute atomic E-state index is 0.0464. The van der Waals surface area contributed by atoms with Gasteiger partial charge >= 0.3 is 0 Å². The van der Waals surface area contributed by atoms with E-state index in [1.54, 1.807) is 36.6 Å². The predicted octanol–water partition coefficient (Wildman–Crippen LogP) is 1.71. The van der Waals surface area contributed by atoms with Crippen molar-refractivity contribution in [2.24, 2.45) is 5.92 Å². The first-order chi connectivity index (χ1) is 19.4. The van der Waals surface area contributed by atoms with Crippen molar-refractivity contribution < 1.29 is 23.9 Å². The van der Waals surface area contributed by atoms with E-state index in [0.29, 0.717) is 44.0 Å². The van der Waals surface area contributed by atoms with Gasteiger partial charge in [-0.25, -0.2) is 9.97 Å². The molecule has 0 saturated heterocycles. The lowest BCUT2D eigenvalue weighted by Gasteiger charge is -2.26. The van der Waals surface area contributed by atoms with Gasteiger partial charge in [0, 0.05) is 50.0 Å². The molecule has 40 heavy (non-hydrogen) atoms. The van der Waals surface area contributed by atoms with Crippen LogP contribution in [0.5, 0.6) is 11.5 Å². The summed E-state index contributed by atoms with van der Waals surface area (Å²) in [5.74, 6) is 0.899. The second-order valence-corrected chi connectivity index (χ2v) is 10.00. The quantitative estimate of drug-likeness (QED) is 0.505. The minimum atomic E-state index is -0.721. The first-order valence-electron chi connectivity index (χ1n) is 13.5. The smallest absolute Gasteiger partial charge is 0.243 e. The maximum atomic E-state index is 13.1. The fraction of sp³-hybridized carbons (Fsp3) is 0.464. The van der Waals surface area contributed by atoms with E-state index in [-0.39, 0.29) is 37.4 Å². The van der Waals surface area contributed by atoms with Gasteiger partial charge in [0.1, 0.15) is 18.4 Å². The van der Waals surface area contributed by atoms with Crippen LogP contribution in [-0.4, -0.2) is 81.1 Å². The number of imidazole rings is 2. The third-order valence-electron chi connectivity index (χ3n) is 6.67. The molecule has 1 aliphatic heterocycles. The summed E-state index contributed by atoms with van der Waals surface area (Å²) in [5.41, 5.74) is 0.870. The van der Waals surface area contributed by atoms with Crippen LogP contribution in [0.15, 0.2) is 49.3 Å². The molecule has 3 amide bonds. The molecule has 0 unspecified atom stereocenters. The zero-order chi connectivity index (χ0) is 28.5. The first-order valence-corrected chi connectivity index (χ1v) is 13.5. The Hall–Kier alpha value is -4.35. The van der Waals surface area contributed by atoms with Crippen LogP contribution in [0.1, 0.15) is 26.7 Å². The van der Waals surface area contributed by atoms with Gasteiger partial charge in [0.2, 0.25) is 17.7 Å². The van der Waals surface area contributed by atoms with Gasteiger partial charge in [0.05, 0.1) is 26.6 Å². The average Bonchev–Trinajstić information content (AvgIpc) is 3.62. The number of carbonyl (C=O) groups excluding carboxylic acids is 3. The van der Waals surface area contributed by atoms with Gasteiger partial charge in [0.25, 0.3) is 0 Å². The Morgan fingerprint density at radius 1 is 1.18 bits per heavy atom. The fourth-order valence-electron chi connectivity index (χ4n) is 4.54. The number of aromatic nitrogens is 4. The number of hydrogen-bond acceptors (Lipinski definition) is 7. The molecule has 0 spiro atoms. The van der Waals surface area contributed by atoms with E-state index in [4.69, 9.17) is 9.47 Å². The number of carbonyl (C=O) groups is 3. The molecule has 3 aromatic rings. The van der Waals surface area contributed by atoms with Gasteiger partial charge in [-0.15, -0.1) is 0 Å². The van der Waals surface area contributed by atoms with Gasteiger partial charge in [-0.1, -0.05) is 13.8 Å². The van der Waals surface area contributed by atoms with Crippen molar-refractivity contribution in [3.05, 3.63) is 49.3 Å². The number of aryl methyl sites for hydroxylation is 1. The molecular formula is C28H37N7O5. The molecular weight excluding hydrogens is 514 g/mol. The topological polar surface area (TPSA) is 133 Å². The van der Waals surface area contributed by atoms with Crippen LogP contribution in [0, 0.1) is 5.92 Å². The van der Waals surface area contributed by atoms with Gasteiger partial charge in [-0.05, 0) is 37.0 Å². The lowest BCUT2D eigenvalue weighted by Crippen LogP contribution is -2.53. The summed E-state index contributed by atoms with van der Waals surface area (Å²) < 4.78 is 15.2. The molecule has 2 bridgehead atoms. The Kier molecular flexibility index (Phi) is 9.76. The van der Waals surface area contributed by atoms with E-state index in [0.717, 1.165) is 11.4 Å². The summed E-state index contributed by atoms with van der Waals surface area (Å²) in [5, 5.41) is 5.77. The van der Waals surface area contributed by atoms with Crippen LogP contribution in [0.25, 0.3) is 11.4 Å². The monoisotopic (exact) mass is 551 g/mol. The SMILES string of the molecule is COc1ccc2cc1OCCCN(C(=O)Cn1ccnc1)CC(=O)N[C@H](C(C)C)C(=O)NCCCn1ccnc1-2. The Morgan fingerprint density at radius 2 is 2.02 bits per heavy atom. The standard InChI is InChI=1S/C28H37N7O5/c1-20(2)26-28(38)31-8-4-11-34-14-10-30-27(34)21-6-7-22(39-3)23(16-21)40-15-5-12-35(17-24(36)32-26)25(37)18-33-13-9-29-19-33/h6-7,9-10,13-14,16,19-20,26H,4-5,8,11-12,15,17-18H2,1-3H3,(H,31,38)(H,32,36)/t26-/m1/s1. The normalized spacial score (nSPS) is 17.5. The third-order valence-corrected chi connectivity index (χ3v) is 6.67. The summed E-state index contributed by atoms with van der Waals surface area (Å²) in [6.07, 6.45) is 9.62. The summed E-state index contributed by atoms with van der Waals surface area (Å²) in [6, 6.07) is 4.93. The van der Waals surface area contributed by atoms with Crippen molar-refractivity contribution in [3.8, 4) is 22.9 Å². The Bertz CT molecular complexity index is 1290. The van der Waals surface area contributed by atoms with Crippen molar-refractivity contribution in [1.82, 2.24) is 34.6 Å². The zero-order valence-electron chi connectivity index (χ0n) is 23.2. The maximum absolute atomic E-state index is 13.1. The molecule has 0 saturated carbocycles. The highest BCUT2D eigenvalue weighted by Gasteiger charge is 2.26. The predicted molar refractivity (Wildman–Crippen MR) is 148 cm³/mol. The minimum Gasteiger partial charge on any atom is -0.493 e. The van der Waals surface area contributed by atoms with Crippen LogP contribution in [0.4, 0.5) is 0 Å². The second-order valence-electron chi connectivity index (χ2n) is 10.00. The van der Waals surface area contributed by atoms with E-state index in [2.05, 4.69) is 20.6 Å². The number of hydrogen-bond donors (Lipinski definition) is 2. The zero-order valence-corrected chi connectivity index (χ0v) is 23.2. The second kappa shape index (κ2) is 13.6. The van der Waals surface area contributed by atoms with E-state index >= 15 is 0 Å².